The Morgan fingerprint density at radius 1 is 0.973 bits per heavy atom. The highest BCUT2D eigenvalue weighted by molar-refractivity contribution is 5.93. The minimum absolute atomic E-state index is 0.0708. The van der Waals surface area contributed by atoms with Gasteiger partial charge in [-0.05, 0) is 93.8 Å². The third-order valence-electron chi connectivity index (χ3n) is 7.93. The summed E-state index contributed by atoms with van der Waals surface area (Å²) in [6.45, 7) is 23.1. The van der Waals surface area contributed by atoms with Gasteiger partial charge in [0.05, 0.1) is 26.7 Å². The van der Waals surface area contributed by atoms with E-state index in [1.807, 2.05) is 32.0 Å². The number of likely N-dealkylation sites (N-methyl/N-ethyl adjacent to an activating group) is 2. The lowest BCUT2D eigenvalue weighted by atomic mass is 9.71. The molecule has 0 saturated carbocycles. The summed E-state index contributed by atoms with van der Waals surface area (Å²) in [5, 5.41) is 3.13. The Bertz CT molecular complexity index is 813. The highest BCUT2D eigenvalue weighted by atomic mass is 16.2. The number of anilines is 1. The van der Waals surface area contributed by atoms with E-state index < -0.39 is 0 Å². The molecule has 5 heteroatoms. The molecule has 0 aliphatic rings. The van der Waals surface area contributed by atoms with Crippen LogP contribution in [0.2, 0.25) is 0 Å². The number of quaternary nitrogens is 1. The Morgan fingerprint density at radius 3 is 2.11 bits per heavy atom. The summed E-state index contributed by atoms with van der Waals surface area (Å²) in [6, 6.07) is 6.11. The fourth-order valence-electron chi connectivity index (χ4n) is 6.11. The molecular formula is C32H58N3O2+. The van der Waals surface area contributed by atoms with E-state index in [-0.39, 0.29) is 11.3 Å². The molecule has 1 atom stereocenters. The summed E-state index contributed by atoms with van der Waals surface area (Å²) in [4.78, 5) is 26.1. The maximum absolute atomic E-state index is 12.7. The number of carbonyl (C=O) groups excluding carboxylic acids is 2. The van der Waals surface area contributed by atoms with Crippen molar-refractivity contribution < 1.29 is 14.1 Å². The predicted molar refractivity (Wildman–Crippen MR) is 159 cm³/mol. The van der Waals surface area contributed by atoms with Gasteiger partial charge >= 0.3 is 0 Å². The van der Waals surface area contributed by atoms with Gasteiger partial charge < -0.3 is 9.80 Å². The van der Waals surface area contributed by atoms with Crippen LogP contribution in [0.15, 0.2) is 18.2 Å². The van der Waals surface area contributed by atoms with Crippen molar-refractivity contribution in [1.29, 1.82) is 0 Å². The highest BCUT2D eigenvalue weighted by Gasteiger charge is 2.29. The lowest BCUT2D eigenvalue weighted by molar-refractivity contribution is -0.901. The topological polar surface area (TPSA) is 49.4 Å². The number of rotatable bonds is 19. The van der Waals surface area contributed by atoms with Crippen LogP contribution in [0.4, 0.5) is 5.69 Å². The summed E-state index contributed by atoms with van der Waals surface area (Å²) < 4.78 is 0.877. The van der Waals surface area contributed by atoms with Gasteiger partial charge in [0.25, 0.3) is 0 Å². The second-order valence-electron chi connectivity index (χ2n) is 13.2. The molecule has 0 aliphatic carbocycles. The second kappa shape index (κ2) is 15.6. The molecule has 0 spiro atoms. The van der Waals surface area contributed by atoms with Crippen LogP contribution in [0.1, 0.15) is 97.6 Å². The van der Waals surface area contributed by atoms with Crippen molar-refractivity contribution in [2.24, 2.45) is 10.8 Å². The van der Waals surface area contributed by atoms with Crippen LogP contribution < -0.4 is 5.32 Å². The van der Waals surface area contributed by atoms with Crippen LogP contribution in [0, 0.1) is 24.7 Å². The normalized spacial score (nSPS) is 14.0. The molecule has 0 bridgehead atoms. The number of aldehydes is 1. The number of amides is 1. The minimum Gasteiger partial charge on any atom is -0.324 e. The SMILES string of the molecule is CCC[N+](C)(CC=O)CCCCC(C)(C)CC(C)(C)CCCN(CC)CC(=O)Nc1c(C)cccc1C. The molecule has 1 N–H and O–H groups in total. The van der Waals surface area contributed by atoms with Crippen molar-refractivity contribution in [2.75, 3.05) is 51.6 Å². The number of nitrogens with zero attached hydrogens (tertiary/aromatic N) is 2. The van der Waals surface area contributed by atoms with Gasteiger partial charge in [-0.2, -0.15) is 0 Å². The van der Waals surface area contributed by atoms with Gasteiger partial charge in [0.15, 0.2) is 6.29 Å². The summed E-state index contributed by atoms with van der Waals surface area (Å²) in [7, 11) is 2.22. The van der Waals surface area contributed by atoms with Crippen molar-refractivity contribution in [2.45, 2.75) is 100 Å². The zero-order chi connectivity index (χ0) is 28.1. The van der Waals surface area contributed by atoms with E-state index in [2.05, 4.69) is 58.8 Å². The molecule has 0 heterocycles. The first-order valence-electron chi connectivity index (χ1n) is 14.6. The van der Waals surface area contributed by atoms with Gasteiger partial charge in [-0.3, -0.25) is 14.5 Å². The number of nitrogens with one attached hydrogen (secondary N) is 1. The zero-order valence-electron chi connectivity index (χ0n) is 25.7. The van der Waals surface area contributed by atoms with Crippen LogP contribution in [-0.4, -0.2) is 67.9 Å². The number of hydrogen-bond donors (Lipinski definition) is 1. The molecule has 0 aliphatic heterocycles. The lowest BCUT2D eigenvalue weighted by Crippen LogP contribution is -2.46. The molecule has 0 fully saturated rings. The van der Waals surface area contributed by atoms with Gasteiger partial charge in [-0.1, -0.05) is 59.7 Å². The van der Waals surface area contributed by atoms with E-state index in [9.17, 15) is 9.59 Å². The van der Waals surface area contributed by atoms with Crippen LogP contribution in [-0.2, 0) is 9.59 Å². The molecule has 0 radical (unpaired) electrons. The Hall–Kier alpha value is -1.72. The van der Waals surface area contributed by atoms with Crippen LogP contribution in [0.25, 0.3) is 0 Å². The van der Waals surface area contributed by atoms with Gasteiger partial charge in [0.1, 0.15) is 6.54 Å². The third kappa shape index (κ3) is 13.1. The summed E-state index contributed by atoms with van der Waals surface area (Å²) in [5.41, 5.74) is 3.74. The summed E-state index contributed by atoms with van der Waals surface area (Å²) in [5.74, 6) is 0.0708. The Balaban J connectivity index is 2.47. The van der Waals surface area contributed by atoms with Crippen molar-refractivity contribution in [3.05, 3.63) is 29.3 Å². The standard InChI is InChI=1S/C32H57N3O2/c1-10-21-35(9,23-24-36)22-13-12-18-31(5,6)26-32(7,8)19-15-20-34(11-2)25-29(37)33-30-27(3)16-14-17-28(30)4/h14,16-17,24H,10-13,15,18-23,25-26H2,1-9H3/p+1. The van der Waals surface area contributed by atoms with Crippen LogP contribution >= 0.6 is 0 Å². The molecule has 5 nitrogen and oxygen atoms in total. The van der Waals surface area contributed by atoms with Gasteiger partial charge in [0.2, 0.25) is 5.91 Å². The van der Waals surface area contributed by atoms with Crippen molar-refractivity contribution in [3.63, 3.8) is 0 Å². The van der Waals surface area contributed by atoms with Crippen molar-refractivity contribution in [3.8, 4) is 0 Å². The van der Waals surface area contributed by atoms with Gasteiger partial charge in [-0.25, -0.2) is 0 Å². The number of para-hydroxylation sites is 1. The van der Waals surface area contributed by atoms with Gasteiger partial charge in [-0.15, -0.1) is 0 Å². The van der Waals surface area contributed by atoms with Gasteiger partial charge in [0, 0.05) is 5.69 Å². The van der Waals surface area contributed by atoms with E-state index in [0.717, 1.165) is 73.0 Å². The Morgan fingerprint density at radius 2 is 1.57 bits per heavy atom. The molecule has 212 valence electrons. The Labute approximate surface area is 229 Å². The molecule has 1 unspecified atom stereocenters. The van der Waals surface area contributed by atoms with E-state index in [4.69, 9.17) is 0 Å². The maximum atomic E-state index is 12.7. The third-order valence-corrected chi connectivity index (χ3v) is 7.93. The summed E-state index contributed by atoms with van der Waals surface area (Å²) in [6.07, 6.45) is 9.30. The lowest BCUT2D eigenvalue weighted by Gasteiger charge is -2.36. The Kier molecular flexibility index (Phi) is 14.1. The van der Waals surface area contributed by atoms with E-state index in [0.29, 0.717) is 18.5 Å². The molecule has 1 aromatic rings. The van der Waals surface area contributed by atoms with Crippen LogP contribution in [0.5, 0.6) is 0 Å². The van der Waals surface area contributed by atoms with Crippen molar-refractivity contribution >= 4 is 17.9 Å². The number of carbonyl (C=O) groups is 2. The molecule has 1 rings (SSSR count). The minimum atomic E-state index is 0.0708. The van der Waals surface area contributed by atoms with E-state index in [1.54, 1.807) is 0 Å². The first-order valence-corrected chi connectivity index (χ1v) is 14.6. The van der Waals surface area contributed by atoms with E-state index >= 15 is 0 Å². The average molecular weight is 517 g/mol. The largest absolute Gasteiger partial charge is 0.324 e. The molecule has 1 aromatic carbocycles. The highest BCUT2D eigenvalue weighted by Crippen LogP contribution is 2.40. The number of benzene rings is 1. The fourth-order valence-corrected chi connectivity index (χ4v) is 6.11. The zero-order valence-corrected chi connectivity index (χ0v) is 25.7. The van der Waals surface area contributed by atoms with Crippen molar-refractivity contribution in [1.82, 2.24) is 4.90 Å². The first-order chi connectivity index (χ1) is 17.3. The molecule has 0 aromatic heterocycles. The molecular weight excluding hydrogens is 458 g/mol. The smallest absolute Gasteiger partial charge is 0.238 e. The second-order valence-corrected chi connectivity index (χ2v) is 13.2. The average Bonchev–Trinajstić information content (AvgIpc) is 2.78. The molecule has 37 heavy (non-hydrogen) atoms. The van der Waals surface area contributed by atoms with E-state index in [1.165, 1.54) is 25.7 Å². The quantitative estimate of drug-likeness (QED) is 0.122. The van der Waals surface area contributed by atoms with Crippen LogP contribution in [0.3, 0.4) is 0 Å². The monoisotopic (exact) mass is 516 g/mol. The number of unbranched alkanes of at least 4 members (excludes halogenated alkanes) is 1. The number of aryl methyl sites for hydroxylation is 2. The fraction of sp³-hybridized carbons (Fsp3) is 0.750. The molecule has 0 saturated heterocycles. The summed E-state index contributed by atoms with van der Waals surface area (Å²) >= 11 is 0. The first kappa shape index (κ1) is 33.3. The maximum Gasteiger partial charge on any atom is 0.238 e. The molecule has 1 amide bonds. The number of hydrogen-bond acceptors (Lipinski definition) is 3. The predicted octanol–water partition coefficient (Wildman–Crippen LogP) is 7.01.